The Labute approximate surface area is 115 Å². The molecule has 0 saturated heterocycles. The van der Waals surface area contributed by atoms with E-state index >= 15 is 0 Å². The lowest BCUT2D eigenvalue weighted by molar-refractivity contribution is 0.0689. The molecule has 0 aromatic carbocycles. The minimum Gasteiger partial charge on any atom is -0.477 e. The van der Waals surface area contributed by atoms with Crippen LogP contribution in [0.1, 0.15) is 10.5 Å². The highest BCUT2D eigenvalue weighted by atomic mass is 79.9. The predicted octanol–water partition coefficient (Wildman–Crippen LogP) is 3.52. The van der Waals surface area contributed by atoms with Crippen molar-refractivity contribution in [3.8, 4) is 10.6 Å². The van der Waals surface area contributed by atoms with Gasteiger partial charge in [0.2, 0.25) is 0 Å². The fourth-order valence-corrected chi connectivity index (χ4v) is 3.13. The van der Waals surface area contributed by atoms with Gasteiger partial charge in [0.1, 0.15) is 11.3 Å². The molecule has 0 radical (unpaired) electrons. The zero-order valence-corrected chi connectivity index (χ0v) is 11.4. The highest BCUT2D eigenvalue weighted by Crippen LogP contribution is 2.29. The number of carboxylic acids is 1. The Morgan fingerprint density at radius 2 is 2.28 bits per heavy atom. The minimum absolute atomic E-state index is 0.210. The van der Waals surface area contributed by atoms with Crippen molar-refractivity contribution in [3.05, 3.63) is 46.0 Å². The molecular weight excluding hydrogens is 316 g/mol. The van der Waals surface area contributed by atoms with Crippen molar-refractivity contribution in [3.63, 3.8) is 0 Å². The molecular formula is C12H7BrN2O2S. The Morgan fingerprint density at radius 1 is 1.44 bits per heavy atom. The van der Waals surface area contributed by atoms with E-state index in [4.69, 9.17) is 5.11 Å². The molecule has 6 heteroatoms. The molecule has 1 N–H and O–H groups in total. The number of hydrogen-bond acceptors (Lipinski definition) is 3. The van der Waals surface area contributed by atoms with Gasteiger partial charge >= 0.3 is 5.97 Å². The molecule has 0 amide bonds. The highest BCUT2D eigenvalue weighted by molar-refractivity contribution is 9.10. The SMILES string of the molecule is O=C(O)c1cccc2nc(-c3cc(Br)cs3)cn12. The fourth-order valence-electron chi connectivity index (χ4n) is 1.75. The minimum atomic E-state index is -0.961. The first kappa shape index (κ1) is 11.4. The predicted molar refractivity (Wildman–Crippen MR) is 73.2 cm³/mol. The van der Waals surface area contributed by atoms with E-state index < -0.39 is 5.97 Å². The summed E-state index contributed by atoms with van der Waals surface area (Å²) in [6, 6.07) is 7.01. The van der Waals surface area contributed by atoms with Crippen molar-refractivity contribution in [1.82, 2.24) is 9.38 Å². The molecule has 4 nitrogen and oxygen atoms in total. The Kier molecular flexibility index (Phi) is 2.68. The van der Waals surface area contributed by atoms with E-state index in [-0.39, 0.29) is 5.69 Å². The maximum absolute atomic E-state index is 11.1. The number of rotatable bonds is 2. The molecule has 0 aliphatic rings. The highest BCUT2D eigenvalue weighted by Gasteiger charge is 2.12. The second-order valence-corrected chi connectivity index (χ2v) is 5.53. The Morgan fingerprint density at radius 3 is 2.94 bits per heavy atom. The van der Waals surface area contributed by atoms with Gasteiger partial charge in [-0.25, -0.2) is 9.78 Å². The normalized spacial score (nSPS) is 10.9. The summed E-state index contributed by atoms with van der Waals surface area (Å²) in [6.07, 6.45) is 1.75. The van der Waals surface area contributed by atoms with Crippen LogP contribution >= 0.6 is 27.3 Å². The maximum atomic E-state index is 11.1. The molecule has 0 atom stereocenters. The summed E-state index contributed by atoms with van der Waals surface area (Å²) in [6.45, 7) is 0. The van der Waals surface area contributed by atoms with Gasteiger partial charge in [-0.1, -0.05) is 6.07 Å². The summed E-state index contributed by atoms with van der Waals surface area (Å²) in [4.78, 5) is 16.5. The number of carbonyl (C=O) groups is 1. The first-order valence-corrected chi connectivity index (χ1v) is 6.78. The molecule has 0 aliphatic heterocycles. The largest absolute Gasteiger partial charge is 0.477 e. The first-order chi connectivity index (χ1) is 8.65. The molecule has 3 aromatic heterocycles. The molecule has 3 rings (SSSR count). The van der Waals surface area contributed by atoms with Gasteiger partial charge in [0, 0.05) is 16.0 Å². The summed E-state index contributed by atoms with van der Waals surface area (Å²) < 4.78 is 2.59. The van der Waals surface area contributed by atoms with Crippen LogP contribution in [0.15, 0.2) is 40.3 Å². The van der Waals surface area contributed by atoms with Crippen molar-refractivity contribution >= 4 is 38.9 Å². The fraction of sp³-hybridized carbons (Fsp3) is 0. The van der Waals surface area contributed by atoms with Crippen LogP contribution in [0.5, 0.6) is 0 Å². The van der Waals surface area contributed by atoms with Gasteiger partial charge < -0.3 is 5.11 Å². The molecule has 0 spiro atoms. The average molecular weight is 323 g/mol. The van der Waals surface area contributed by atoms with E-state index in [1.807, 2.05) is 11.4 Å². The molecule has 0 bridgehead atoms. The summed E-state index contributed by atoms with van der Waals surface area (Å²) in [5.41, 5.74) is 1.62. The van der Waals surface area contributed by atoms with E-state index in [9.17, 15) is 4.79 Å². The van der Waals surface area contributed by atoms with Gasteiger partial charge in [-0.15, -0.1) is 11.3 Å². The van der Waals surface area contributed by atoms with E-state index in [1.165, 1.54) is 0 Å². The van der Waals surface area contributed by atoms with Gasteiger partial charge in [-0.3, -0.25) is 4.40 Å². The third-order valence-corrected chi connectivity index (χ3v) is 4.24. The Bertz CT molecular complexity index is 747. The number of hydrogen-bond donors (Lipinski definition) is 1. The zero-order chi connectivity index (χ0) is 12.7. The number of thiophene rings is 1. The van der Waals surface area contributed by atoms with Crippen molar-refractivity contribution in [2.45, 2.75) is 0 Å². The number of aromatic nitrogens is 2. The van der Waals surface area contributed by atoms with Crippen molar-refractivity contribution in [2.75, 3.05) is 0 Å². The molecule has 90 valence electrons. The molecule has 0 fully saturated rings. The van der Waals surface area contributed by atoms with Crippen LogP contribution in [0, 0.1) is 0 Å². The number of pyridine rings is 1. The lowest BCUT2D eigenvalue weighted by atomic mass is 10.3. The van der Waals surface area contributed by atoms with Crippen LogP contribution in [-0.2, 0) is 0 Å². The topological polar surface area (TPSA) is 54.6 Å². The molecule has 18 heavy (non-hydrogen) atoms. The lowest BCUT2D eigenvalue weighted by Crippen LogP contribution is -2.03. The van der Waals surface area contributed by atoms with Gasteiger partial charge in [-0.05, 0) is 34.1 Å². The second kappa shape index (κ2) is 4.22. The zero-order valence-electron chi connectivity index (χ0n) is 9.00. The molecule has 0 aliphatic carbocycles. The van der Waals surface area contributed by atoms with Crippen LogP contribution in [0.2, 0.25) is 0 Å². The van der Waals surface area contributed by atoms with Crippen LogP contribution < -0.4 is 0 Å². The van der Waals surface area contributed by atoms with Gasteiger partial charge in [0.25, 0.3) is 0 Å². The van der Waals surface area contributed by atoms with Gasteiger partial charge in [-0.2, -0.15) is 0 Å². The van der Waals surface area contributed by atoms with Crippen LogP contribution in [-0.4, -0.2) is 20.5 Å². The summed E-state index contributed by atoms with van der Waals surface area (Å²) in [5.74, 6) is -0.961. The Hall–Kier alpha value is -1.66. The van der Waals surface area contributed by atoms with Crippen LogP contribution in [0.25, 0.3) is 16.2 Å². The Balaban J connectivity index is 2.22. The van der Waals surface area contributed by atoms with Crippen molar-refractivity contribution in [2.24, 2.45) is 0 Å². The van der Waals surface area contributed by atoms with Crippen molar-refractivity contribution in [1.29, 1.82) is 0 Å². The van der Waals surface area contributed by atoms with E-state index in [2.05, 4.69) is 20.9 Å². The van der Waals surface area contributed by atoms with Crippen LogP contribution in [0.4, 0.5) is 0 Å². The van der Waals surface area contributed by atoms with Gasteiger partial charge in [0.15, 0.2) is 0 Å². The molecule has 0 saturated carbocycles. The maximum Gasteiger partial charge on any atom is 0.352 e. The second-order valence-electron chi connectivity index (χ2n) is 3.70. The lowest BCUT2D eigenvalue weighted by Gasteiger charge is -1.97. The average Bonchev–Trinajstić information content (AvgIpc) is 2.93. The summed E-state index contributed by atoms with van der Waals surface area (Å²) in [7, 11) is 0. The number of fused-ring (bicyclic) bond motifs is 1. The van der Waals surface area contributed by atoms with Crippen molar-refractivity contribution < 1.29 is 9.90 Å². The first-order valence-electron chi connectivity index (χ1n) is 5.11. The summed E-state index contributed by atoms with van der Waals surface area (Å²) in [5, 5.41) is 11.1. The van der Waals surface area contributed by atoms with E-state index in [1.54, 1.807) is 40.1 Å². The van der Waals surface area contributed by atoms with Crippen LogP contribution in [0.3, 0.4) is 0 Å². The number of carboxylic acid groups (broad SMARTS) is 1. The number of halogens is 1. The number of imidazole rings is 1. The molecule has 3 aromatic rings. The smallest absolute Gasteiger partial charge is 0.352 e. The summed E-state index contributed by atoms with van der Waals surface area (Å²) >= 11 is 4.95. The monoisotopic (exact) mass is 322 g/mol. The van der Waals surface area contributed by atoms with E-state index in [0.717, 1.165) is 15.0 Å². The quantitative estimate of drug-likeness (QED) is 0.785. The number of aromatic carboxylic acids is 1. The third kappa shape index (κ3) is 1.83. The third-order valence-electron chi connectivity index (χ3n) is 2.53. The standard InChI is InChI=1S/C12H7BrN2O2S/c13-7-4-10(18-6-7)8-5-15-9(12(16)17)2-1-3-11(15)14-8/h1-6H,(H,16,17). The number of nitrogens with zero attached hydrogens (tertiary/aromatic N) is 2. The van der Waals surface area contributed by atoms with E-state index in [0.29, 0.717) is 5.65 Å². The van der Waals surface area contributed by atoms with Gasteiger partial charge in [0.05, 0.1) is 10.6 Å². The molecule has 3 heterocycles. The molecule has 0 unspecified atom stereocenters.